The first-order chi connectivity index (χ1) is 10.9. The molecule has 3 atom stereocenters. The molecule has 0 N–H and O–H groups in total. The summed E-state index contributed by atoms with van der Waals surface area (Å²) in [6, 6.07) is 7.18. The number of hydrogen-bond donors (Lipinski definition) is 0. The predicted molar refractivity (Wildman–Crippen MR) is 93.4 cm³/mol. The molecule has 2 nitrogen and oxygen atoms in total. The molecule has 0 spiro atoms. The van der Waals surface area contributed by atoms with Crippen LogP contribution in [0, 0.1) is 24.7 Å². The summed E-state index contributed by atoms with van der Waals surface area (Å²) >= 11 is 0. The minimum atomic E-state index is -0.245. The van der Waals surface area contributed by atoms with Crippen molar-refractivity contribution >= 4 is 11.6 Å². The summed E-state index contributed by atoms with van der Waals surface area (Å²) in [5, 5.41) is 0. The number of hydrogen-bond acceptors (Lipinski definition) is 2. The topological polar surface area (TPSA) is 34.1 Å². The number of fused-ring (bicyclic) bond motifs is 1. The second-order valence-corrected chi connectivity index (χ2v) is 6.82. The van der Waals surface area contributed by atoms with Crippen molar-refractivity contribution in [2.24, 2.45) is 17.8 Å². The van der Waals surface area contributed by atoms with E-state index in [1.54, 1.807) is 12.1 Å². The Balaban J connectivity index is 2.06. The highest BCUT2D eigenvalue weighted by Crippen LogP contribution is 2.32. The van der Waals surface area contributed by atoms with Crippen LogP contribution < -0.4 is 0 Å². The summed E-state index contributed by atoms with van der Waals surface area (Å²) < 4.78 is 0. The normalized spacial score (nSPS) is 21.7. The molecule has 122 valence electrons. The molecular formula is C21H26O2. The Kier molecular flexibility index (Phi) is 5.92. The van der Waals surface area contributed by atoms with E-state index in [0.29, 0.717) is 17.5 Å². The predicted octanol–water partition coefficient (Wildman–Crippen LogP) is 5.17. The van der Waals surface area contributed by atoms with Gasteiger partial charge in [-0.25, -0.2) is 0 Å². The van der Waals surface area contributed by atoms with Crippen LogP contribution in [0.3, 0.4) is 0 Å². The highest BCUT2D eigenvalue weighted by Gasteiger charge is 2.37. The quantitative estimate of drug-likeness (QED) is 0.679. The van der Waals surface area contributed by atoms with Gasteiger partial charge in [-0.3, -0.25) is 9.59 Å². The van der Waals surface area contributed by atoms with E-state index in [2.05, 4.69) is 13.0 Å². The van der Waals surface area contributed by atoms with Crippen LogP contribution >= 0.6 is 0 Å². The van der Waals surface area contributed by atoms with Gasteiger partial charge in [-0.05, 0) is 39.0 Å². The smallest absolute Gasteiger partial charge is 0.167 e. The van der Waals surface area contributed by atoms with Gasteiger partial charge in [0.05, 0.1) is 0 Å². The number of carbonyl (C=O) groups is 2. The molecule has 1 aliphatic rings. The molecule has 0 heterocycles. The summed E-state index contributed by atoms with van der Waals surface area (Å²) in [5.74, 6) is -0.0521. The Bertz CT molecular complexity index is 610. The molecule has 1 aliphatic carbocycles. The summed E-state index contributed by atoms with van der Waals surface area (Å²) in [6.45, 7) is 11.8. The molecule has 2 heteroatoms. The third kappa shape index (κ3) is 4.19. The standard InChI is InChI=1S/C21H26O2/c1-14(2)8-7-9-15(3)12-13-17-16(4)20(22)18-10-5-6-11-19(18)21(17)23/h1,5-6,10-12,14,16-17H,7-9,13H2,2-4H3. The molecule has 1 aromatic carbocycles. The fourth-order valence-corrected chi connectivity index (χ4v) is 3.21. The molecule has 1 aromatic rings. The lowest BCUT2D eigenvalue weighted by molar-refractivity contribution is 0.0750. The Morgan fingerprint density at radius 2 is 1.83 bits per heavy atom. The van der Waals surface area contributed by atoms with Gasteiger partial charge in [0.1, 0.15) is 0 Å². The minimum Gasteiger partial charge on any atom is -0.294 e. The molecule has 0 amide bonds. The summed E-state index contributed by atoms with van der Waals surface area (Å²) in [6.07, 6.45) is 5.85. The van der Waals surface area contributed by atoms with Gasteiger partial charge in [0.25, 0.3) is 0 Å². The van der Waals surface area contributed by atoms with E-state index >= 15 is 0 Å². The van der Waals surface area contributed by atoms with Gasteiger partial charge < -0.3 is 0 Å². The first-order valence-corrected chi connectivity index (χ1v) is 8.50. The summed E-state index contributed by atoms with van der Waals surface area (Å²) in [7, 11) is 0. The highest BCUT2D eigenvalue weighted by atomic mass is 16.1. The van der Waals surface area contributed by atoms with Crippen LogP contribution in [0.1, 0.15) is 67.2 Å². The lowest BCUT2D eigenvalue weighted by atomic mass is 9.73. The van der Waals surface area contributed by atoms with Crippen LogP contribution in [-0.2, 0) is 0 Å². The van der Waals surface area contributed by atoms with Crippen molar-refractivity contribution in [3.05, 3.63) is 54.0 Å². The summed E-state index contributed by atoms with van der Waals surface area (Å²) in [5.41, 5.74) is 2.44. The van der Waals surface area contributed by atoms with Crippen molar-refractivity contribution in [2.75, 3.05) is 0 Å². The Morgan fingerprint density at radius 1 is 1.22 bits per heavy atom. The van der Waals surface area contributed by atoms with Gasteiger partial charge in [-0.15, -0.1) is 0 Å². The first-order valence-electron chi connectivity index (χ1n) is 8.50. The SMILES string of the molecule is [CH]C(C)CCCC(C)=CCC1C(=O)c2ccccc2C(=O)C1C. The fourth-order valence-electron chi connectivity index (χ4n) is 3.21. The number of ketones is 2. The first kappa shape index (κ1) is 17.7. The molecule has 2 radical (unpaired) electrons. The van der Waals surface area contributed by atoms with Crippen molar-refractivity contribution in [1.82, 2.24) is 0 Å². The maximum Gasteiger partial charge on any atom is 0.167 e. The maximum absolute atomic E-state index is 12.7. The molecule has 0 aliphatic heterocycles. The lowest BCUT2D eigenvalue weighted by Crippen LogP contribution is -2.34. The largest absolute Gasteiger partial charge is 0.294 e. The van der Waals surface area contributed by atoms with Crippen molar-refractivity contribution in [2.45, 2.75) is 46.5 Å². The van der Waals surface area contributed by atoms with Crippen LogP contribution in [0.2, 0.25) is 0 Å². The molecule has 0 saturated carbocycles. The van der Waals surface area contributed by atoms with Gasteiger partial charge >= 0.3 is 0 Å². The van der Waals surface area contributed by atoms with E-state index in [-0.39, 0.29) is 29.3 Å². The Hall–Kier alpha value is -1.70. The third-order valence-corrected chi connectivity index (χ3v) is 4.76. The van der Waals surface area contributed by atoms with E-state index in [0.717, 1.165) is 19.3 Å². The van der Waals surface area contributed by atoms with Gasteiger partial charge in [-0.1, -0.05) is 56.2 Å². The van der Waals surface area contributed by atoms with Crippen LogP contribution in [-0.4, -0.2) is 11.6 Å². The molecule has 2 rings (SSSR count). The maximum atomic E-state index is 12.7. The molecule has 0 saturated heterocycles. The monoisotopic (exact) mass is 310 g/mol. The van der Waals surface area contributed by atoms with Gasteiger partial charge in [0, 0.05) is 23.0 Å². The number of benzene rings is 1. The molecule has 3 unspecified atom stereocenters. The second-order valence-electron chi connectivity index (χ2n) is 6.82. The molecular weight excluding hydrogens is 284 g/mol. The van der Waals surface area contributed by atoms with E-state index in [1.165, 1.54) is 5.57 Å². The average molecular weight is 310 g/mol. The van der Waals surface area contributed by atoms with Crippen molar-refractivity contribution in [3.63, 3.8) is 0 Å². The number of Topliss-reactive ketones (excluding diaryl/α,β-unsaturated/α-hetero) is 2. The average Bonchev–Trinajstić information content (AvgIpc) is 2.52. The van der Waals surface area contributed by atoms with Crippen LogP contribution in [0.4, 0.5) is 0 Å². The lowest BCUT2D eigenvalue weighted by Gasteiger charge is -2.27. The third-order valence-electron chi connectivity index (χ3n) is 4.76. The molecule has 23 heavy (non-hydrogen) atoms. The van der Waals surface area contributed by atoms with E-state index < -0.39 is 0 Å². The zero-order chi connectivity index (χ0) is 17.0. The van der Waals surface area contributed by atoms with Gasteiger partial charge in [0.15, 0.2) is 11.6 Å². The number of allylic oxidation sites excluding steroid dienone is 2. The fraction of sp³-hybridized carbons (Fsp3) is 0.476. The number of rotatable bonds is 6. The minimum absolute atomic E-state index is 0.0909. The van der Waals surface area contributed by atoms with E-state index in [9.17, 15) is 9.59 Å². The summed E-state index contributed by atoms with van der Waals surface area (Å²) in [4.78, 5) is 25.2. The number of carbonyl (C=O) groups excluding carboxylic acids is 2. The molecule has 0 bridgehead atoms. The van der Waals surface area contributed by atoms with E-state index in [4.69, 9.17) is 6.92 Å². The second kappa shape index (κ2) is 7.72. The van der Waals surface area contributed by atoms with Crippen molar-refractivity contribution in [1.29, 1.82) is 0 Å². The molecule has 0 aromatic heterocycles. The van der Waals surface area contributed by atoms with Gasteiger partial charge in [0.2, 0.25) is 0 Å². The van der Waals surface area contributed by atoms with Crippen LogP contribution in [0.25, 0.3) is 0 Å². The zero-order valence-electron chi connectivity index (χ0n) is 14.3. The Labute approximate surface area is 140 Å². The zero-order valence-corrected chi connectivity index (χ0v) is 14.3. The van der Waals surface area contributed by atoms with Crippen molar-refractivity contribution in [3.8, 4) is 0 Å². The van der Waals surface area contributed by atoms with Crippen molar-refractivity contribution < 1.29 is 9.59 Å². The molecule has 0 fully saturated rings. The van der Waals surface area contributed by atoms with Crippen LogP contribution in [0.15, 0.2) is 35.9 Å². The van der Waals surface area contributed by atoms with Gasteiger partial charge in [-0.2, -0.15) is 0 Å². The van der Waals surface area contributed by atoms with E-state index in [1.807, 2.05) is 26.0 Å². The van der Waals surface area contributed by atoms with Crippen LogP contribution in [0.5, 0.6) is 0 Å². The highest BCUT2D eigenvalue weighted by molar-refractivity contribution is 6.15. The Morgan fingerprint density at radius 3 is 2.43 bits per heavy atom.